The molecule has 2 aliphatic rings. The number of halogens is 1. The molecule has 4 atom stereocenters. The van der Waals surface area contributed by atoms with Gasteiger partial charge in [-0.15, -0.1) is 0 Å². The summed E-state index contributed by atoms with van der Waals surface area (Å²) in [7, 11) is 0. The number of fused-ring (bicyclic) bond motifs is 1. The topological polar surface area (TPSA) is 29.5 Å². The molecule has 3 heteroatoms. The first-order valence-electron chi connectivity index (χ1n) is 3.23. The normalized spacial score (nSPS) is 55.3. The first kappa shape index (κ1) is 5.62. The summed E-state index contributed by atoms with van der Waals surface area (Å²) in [4.78, 5) is 0. The average Bonchev–Trinajstić information content (AvgIpc) is 2.55. The summed E-state index contributed by atoms with van der Waals surface area (Å²) in [6, 6.07) is 0. The highest BCUT2D eigenvalue weighted by Crippen LogP contribution is 2.46. The summed E-state index contributed by atoms with van der Waals surface area (Å²) in [5.74, 6) is 0.113. The molecule has 4 unspecified atom stereocenters. The molecule has 0 radical (unpaired) electrons. The molecule has 1 N–H and O–H groups in total. The van der Waals surface area contributed by atoms with Gasteiger partial charge in [-0.25, -0.2) is 4.39 Å². The second-order valence-electron chi connectivity index (χ2n) is 2.74. The van der Waals surface area contributed by atoms with Crippen LogP contribution in [0.25, 0.3) is 0 Å². The highest BCUT2D eigenvalue weighted by Gasteiger charge is 2.55. The van der Waals surface area contributed by atoms with E-state index >= 15 is 0 Å². The SMILES string of the molecule is OCC1OC2CC2C1F. The molecule has 0 spiro atoms. The van der Waals surface area contributed by atoms with Gasteiger partial charge >= 0.3 is 0 Å². The van der Waals surface area contributed by atoms with E-state index < -0.39 is 12.3 Å². The Hall–Kier alpha value is -0.150. The van der Waals surface area contributed by atoms with Gasteiger partial charge in [0.25, 0.3) is 0 Å². The van der Waals surface area contributed by atoms with Gasteiger partial charge in [-0.2, -0.15) is 0 Å². The maximum Gasteiger partial charge on any atom is 0.134 e. The van der Waals surface area contributed by atoms with Crippen LogP contribution >= 0.6 is 0 Å². The van der Waals surface area contributed by atoms with E-state index in [0.29, 0.717) is 0 Å². The fraction of sp³-hybridized carbons (Fsp3) is 1.00. The average molecular weight is 132 g/mol. The van der Waals surface area contributed by atoms with Crippen LogP contribution in [0.4, 0.5) is 4.39 Å². The zero-order chi connectivity index (χ0) is 6.43. The van der Waals surface area contributed by atoms with E-state index in [0.717, 1.165) is 6.42 Å². The zero-order valence-electron chi connectivity index (χ0n) is 4.96. The molecule has 1 saturated heterocycles. The predicted molar refractivity (Wildman–Crippen MR) is 28.7 cm³/mol. The van der Waals surface area contributed by atoms with Crippen molar-refractivity contribution in [1.82, 2.24) is 0 Å². The van der Waals surface area contributed by atoms with E-state index in [9.17, 15) is 4.39 Å². The van der Waals surface area contributed by atoms with Crippen LogP contribution in [0, 0.1) is 5.92 Å². The number of hydrogen-bond donors (Lipinski definition) is 1. The molecule has 0 bridgehead atoms. The molecule has 1 heterocycles. The van der Waals surface area contributed by atoms with E-state index in [-0.39, 0.29) is 18.6 Å². The van der Waals surface area contributed by atoms with Crippen molar-refractivity contribution in [3.05, 3.63) is 0 Å². The van der Waals surface area contributed by atoms with Crippen molar-refractivity contribution in [2.24, 2.45) is 5.92 Å². The van der Waals surface area contributed by atoms with Crippen LogP contribution in [-0.4, -0.2) is 30.1 Å². The molecule has 2 fully saturated rings. The minimum Gasteiger partial charge on any atom is -0.394 e. The summed E-state index contributed by atoms with van der Waals surface area (Å²) >= 11 is 0. The largest absolute Gasteiger partial charge is 0.394 e. The van der Waals surface area contributed by atoms with Crippen molar-refractivity contribution in [3.63, 3.8) is 0 Å². The molecule has 1 aliphatic heterocycles. The summed E-state index contributed by atoms with van der Waals surface area (Å²) in [6.07, 6.45) is -0.427. The lowest BCUT2D eigenvalue weighted by atomic mass is 10.2. The number of ether oxygens (including phenoxy) is 1. The van der Waals surface area contributed by atoms with E-state index in [1.165, 1.54) is 0 Å². The lowest BCUT2D eigenvalue weighted by molar-refractivity contribution is -0.000963. The Morgan fingerprint density at radius 3 is 2.78 bits per heavy atom. The third-order valence-corrected chi connectivity index (χ3v) is 2.07. The maximum atomic E-state index is 12.7. The van der Waals surface area contributed by atoms with Crippen molar-refractivity contribution < 1.29 is 14.2 Å². The Morgan fingerprint density at radius 2 is 2.44 bits per heavy atom. The van der Waals surface area contributed by atoms with Crippen LogP contribution < -0.4 is 0 Å². The number of alkyl halides is 1. The second kappa shape index (κ2) is 1.67. The van der Waals surface area contributed by atoms with Crippen molar-refractivity contribution in [3.8, 4) is 0 Å². The lowest BCUT2D eigenvalue weighted by Crippen LogP contribution is -2.24. The van der Waals surface area contributed by atoms with Gasteiger partial charge in [0.15, 0.2) is 0 Å². The molecule has 2 nitrogen and oxygen atoms in total. The molecule has 0 aromatic carbocycles. The minimum atomic E-state index is -0.903. The van der Waals surface area contributed by atoms with Crippen molar-refractivity contribution >= 4 is 0 Å². The molecule has 0 amide bonds. The molecule has 0 aromatic rings. The summed E-state index contributed by atoms with van der Waals surface area (Å²) in [5, 5.41) is 8.51. The van der Waals surface area contributed by atoms with Gasteiger partial charge < -0.3 is 9.84 Å². The first-order valence-corrected chi connectivity index (χ1v) is 3.23. The van der Waals surface area contributed by atoms with Gasteiger partial charge in [0.05, 0.1) is 12.7 Å². The van der Waals surface area contributed by atoms with Crippen LogP contribution in [0.15, 0.2) is 0 Å². The van der Waals surface area contributed by atoms with Gasteiger partial charge in [-0.3, -0.25) is 0 Å². The van der Waals surface area contributed by atoms with Crippen molar-refractivity contribution in [2.45, 2.75) is 24.8 Å². The van der Waals surface area contributed by atoms with Gasteiger partial charge in [-0.05, 0) is 6.42 Å². The third-order valence-electron chi connectivity index (χ3n) is 2.07. The predicted octanol–water partition coefficient (Wildman–Crippen LogP) is 0.104. The van der Waals surface area contributed by atoms with E-state index in [1.807, 2.05) is 0 Å². The number of rotatable bonds is 1. The van der Waals surface area contributed by atoms with Gasteiger partial charge in [0, 0.05) is 5.92 Å². The molecule has 52 valence electrons. The number of aliphatic hydroxyl groups excluding tert-OH is 1. The van der Waals surface area contributed by atoms with E-state index in [4.69, 9.17) is 9.84 Å². The summed E-state index contributed by atoms with van der Waals surface area (Å²) in [5.41, 5.74) is 0. The third kappa shape index (κ3) is 0.682. The summed E-state index contributed by atoms with van der Waals surface area (Å²) in [6.45, 7) is -0.172. The minimum absolute atomic E-state index is 0.113. The fourth-order valence-corrected chi connectivity index (χ4v) is 1.40. The second-order valence-corrected chi connectivity index (χ2v) is 2.74. The fourth-order valence-electron chi connectivity index (χ4n) is 1.40. The van der Waals surface area contributed by atoms with Crippen LogP contribution in [-0.2, 0) is 4.74 Å². The first-order chi connectivity index (χ1) is 4.33. The number of aliphatic hydroxyl groups is 1. The van der Waals surface area contributed by atoms with Crippen LogP contribution in [0.3, 0.4) is 0 Å². The highest BCUT2D eigenvalue weighted by atomic mass is 19.1. The molecular weight excluding hydrogens is 123 g/mol. The Kier molecular flexibility index (Phi) is 1.04. The Morgan fingerprint density at radius 1 is 1.67 bits per heavy atom. The Bertz CT molecular complexity index is 128. The molecule has 0 aromatic heterocycles. The molecule has 1 saturated carbocycles. The maximum absolute atomic E-state index is 12.7. The van der Waals surface area contributed by atoms with Gasteiger partial charge in [0.1, 0.15) is 12.3 Å². The van der Waals surface area contributed by atoms with Gasteiger partial charge in [-0.1, -0.05) is 0 Å². The highest BCUT2D eigenvalue weighted by molar-refractivity contribution is 5.02. The zero-order valence-corrected chi connectivity index (χ0v) is 4.96. The lowest BCUT2D eigenvalue weighted by Gasteiger charge is -2.10. The molecule has 9 heavy (non-hydrogen) atoms. The van der Waals surface area contributed by atoms with E-state index in [2.05, 4.69) is 0 Å². The molecular formula is C6H9FO2. The van der Waals surface area contributed by atoms with Crippen molar-refractivity contribution in [2.75, 3.05) is 6.61 Å². The standard InChI is InChI=1S/C6H9FO2/c7-6-3-1-4(3)9-5(6)2-8/h3-6,8H,1-2H2. The quantitative estimate of drug-likeness (QED) is 0.548. The monoisotopic (exact) mass is 132 g/mol. The van der Waals surface area contributed by atoms with Gasteiger partial charge in [0.2, 0.25) is 0 Å². The van der Waals surface area contributed by atoms with Crippen LogP contribution in [0.2, 0.25) is 0 Å². The molecule has 2 rings (SSSR count). The Balaban J connectivity index is 1.99. The summed E-state index contributed by atoms with van der Waals surface area (Å²) < 4.78 is 17.8. The van der Waals surface area contributed by atoms with E-state index in [1.54, 1.807) is 0 Å². The smallest absolute Gasteiger partial charge is 0.134 e. The Labute approximate surface area is 52.6 Å². The molecule has 1 aliphatic carbocycles. The van der Waals surface area contributed by atoms with Crippen LogP contribution in [0.1, 0.15) is 6.42 Å². The van der Waals surface area contributed by atoms with Crippen molar-refractivity contribution in [1.29, 1.82) is 0 Å². The number of hydrogen-bond acceptors (Lipinski definition) is 2. The van der Waals surface area contributed by atoms with Crippen LogP contribution in [0.5, 0.6) is 0 Å².